The minimum Gasteiger partial charge on any atom is -0.354 e. The number of amides is 1. The highest BCUT2D eigenvalue weighted by atomic mass is 32.2. The van der Waals surface area contributed by atoms with Gasteiger partial charge in [-0.25, -0.2) is 15.0 Å². The summed E-state index contributed by atoms with van der Waals surface area (Å²) in [5.41, 5.74) is 0.103. The van der Waals surface area contributed by atoms with Crippen LogP contribution in [0, 0.1) is 0 Å². The summed E-state index contributed by atoms with van der Waals surface area (Å²) in [6.45, 7) is 4.90. The van der Waals surface area contributed by atoms with E-state index in [1.807, 2.05) is 12.1 Å². The molecule has 2 atom stereocenters. The maximum Gasteiger partial charge on any atom is 0.420 e. The molecule has 0 radical (unpaired) electrons. The van der Waals surface area contributed by atoms with Gasteiger partial charge in [0, 0.05) is 50.1 Å². The van der Waals surface area contributed by atoms with Gasteiger partial charge in [0.1, 0.15) is 16.3 Å². The van der Waals surface area contributed by atoms with E-state index in [9.17, 15) is 22.2 Å². The molecule has 1 saturated heterocycles. The van der Waals surface area contributed by atoms with Gasteiger partial charge >= 0.3 is 6.18 Å². The number of anilines is 3. The van der Waals surface area contributed by atoms with Gasteiger partial charge in [-0.3, -0.25) is 9.00 Å². The molecule has 2 aliphatic heterocycles. The van der Waals surface area contributed by atoms with Crippen molar-refractivity contribution in [3.05, 3.63) is 40.5 Å². The fraction of sp³-hybridized carbons (Fsp3) is 0.440. The highest BCUT2D eigenvalue weighted by Gasteiger charge is 2.37. The first-order valence-electron chi connectivity index (χ1n) is 12.7. The first-order chi connectivity index (χ1) is 18.7. The van der Waals surface area contributed by atoms with Crippen LogP contribution in [0.2, 0.25) is 0 Å². The Balaban J connectivity index is 1.36. The number of fused-ring (bicyclic) bond motifs is 1. The highest BCUT2D eigenvalue weighted by molar-refractivity contribution is 7.85. The van der Waals surface area contributed by atoms with Crippen LogP contribution in [0.25, 0.3) is 10.6 Å². The van der Waals surface area contributed by atoms with Crippen molar-refractivity contribution in [1.29, 1.82) is 0 Å². The summed E-state index contributed by atoms with van der Waals surface area (Å²) < 4.78 is 54.5. The number of hydrogen-bond acceptors (Lipinski definition) is 9. The monoisotopic (exact) mass is 577 g/mol. The van der Waals surface area contributed by atoms with Crippen LogP contribution < -0.4 is 20.9 Å². The predicted octanol–water partition coefficient (Wildman–Crippen LogP) is 3.89. The number of aromatic nitrogens is 3. The summed E-state index contributed by atoms with van der Waals surface area (Å²) >= 11 is 0.849. The quantitative estimate of drug-likeness (QED) is 0.419. The molecule has 9 nitrogen and oxygen atoms in total. The summed E-state index contributed by atoms with van der Waals surface area (Å²) in [7, 11) is -1.51. The number of carbonyl (C=O) groups excluding carboxylic acids is 1. The second kappa shape index (κ2) is 10.1. The minimum atomic E-state index is -4.72. The number of alkyl halides is 3. The minimum absolute atomic E-state index is 0.0144. The van der Waals surface area contributed by atoms with E-state index >= 15 is 0 Å². The molecule has 1 aliphatic carbocycles. The molecule has 5 heterocycles. The Morgan fingerprint density at radius 3 is 2.77 bits per heavy atom. The van der Waals surface area contributed by atoms with Gasteiger partial charge in [0.2, 0.25) is 5.95 Å². The van der Waals surface area contributed by atoms with E-state index < -0.39 is 28.4 Å². The summed E-state index contributed by atoms with van der Waals surface area (Å²) in [5.74, 6) is 0.864. The number of nitrogens with one attached hydrogen (secondary N) is 3. The van der Waals surface area contributed by atoms with Gasteiger partial charge in [0.25, 0.3) is 5.91 Å². The molecule has 1 saturated carbocycles. The average molecular weight is 578 g/mol. The number of halogens is 3. The molecule has 14 heteroatoms. The second-order valence-electron chi connectivity index (χ2n) is 9.87. The van der Waals surface area contributed by atoms with Crippen LogP contribution in [-0.2, 0) is 17.0 Å². The molecular formula is C25H26F3N7O2S2. The van der Waals surface area contributed by atoms with Crippen molar-refractivity contribution >= 4 is 45.5 Å². The highest BCUT2D eigenvalue weighted by Crippen LogP contribution is 2.44. The molecule has 0 aromatic carbocycles. The number of nitrogens with zero attached hydrogens (tertiary/aromatic N) is 4. The number of thiophene rings is 1. The van der Waals surface area contributed by atoms with Crippen molar-refractivity contribution in [2.45, 2.75) is 42.8 Å². The Bertz CT molecular complexity index is 1420. The number of hydrogen-bond donors (Lipinski definition) is 3. The van der Waals surface area contributed by atoms with Crippen molar-refractivity contribution in [1.82, 2.24) is 25.6 Å². The smallest absolute Gasteiger partial charge is 0.354 e. The lowest BCUT2D eigenvalue weighted by atomic mass is 10.2. The van der Waals surface area contributed by atoms with Gasteiger partial charge in [-0.05, 0) is 38.0 Å². The van der Waals surface area contributed by atoms with Gasteiger partial charge in [-0.1, -0.05) is 0 Å². The largest absolute Gasteiger partial charge is 0.420 e. The van der Waals surface area contributed by atoms with Crippen LogP contribution in [0.4, 0.5) is 30.6 Å². The maximum atomic E-state index is 14.0. The van der Waals surface area contributed by atoms with Crippen molar-refractivity contribution in [3.63, 3.8) is 0 Å². The number of piperazine rings is 1. The van der Waals surface area contributed by atoms with Crippen LogP contribution >= 0.6 is 11.3 Å². The van der Waals surface area contributed by atoms with Crippen LogP contribution in [0.15, 0.2) is 29.3 Å². The number of pyridine rings is 1. The molecule has 3 N–H and O–H groups in total. The van der Waals surface area contributed by atoms with Crippen LogP contribution in [0.3, 0.4) is 0 Å². The van der Waals surface area contributed by atoms with Crippen LogP contribution in [-0.4, -0.2) is 63.0 Å². The summed E-state index contributed by atoms with van der Waals surface area (Å²) in [4.78, 5) is 28.3. The normalized spacial score (nSPS) is 21.7. The average Bonchev–Trinajstić information content (AvgIpc) is 3.66. The Morgan fingerprint density at radius 2 is 2.03 bits per heavy atom. The Hall–Kier alpha value is -3.10. The Labute approximate surface area is 229 Å². The third-order valence-corrected chi connectivity index (χ3v) is 9.52. The van der Waals surface area contributed by atoms with Gasteiger partial charge in [-0.15, -0.1) is 11.3 Å². The third-order valence-electron chi connectivity index (χ3n) is 6.86. The zero-order chi connectivity index (χ0) is 27.3. The van der Waals surface area contributed by atoms with E-state index in [0.29, 0.717) is 11.7 Å². The molecule has 2 unspecified atom stereocenters. The maximum absolute atomic E-state index is 14.0. The first-order valence-corrected chi connectivity index (χ1v) is 14.8. The van der Waals surface area contributed by atoms with E-state index in [2.05, 4.69) is 37.7 Å². The first kappa shape index (κ1) is 26.1. The van der Waals surface area contributed by atoms with E-state index in [1.54, 1.807) is 0 Å². The van der Waals surface area contributed by atoms with Crippen molar-refractivity contribution in [2.75, 3.05) is 42.1 Å². The summed E-state index contributed by atoms with van der Waals surface area (Å²) in [6.07, 6.45) is -2.00. The third kappa shape index (κ3) is 5.37. The predicted molar refractivity (Wildman–Crippen MR) is 143 cm³/mol. The molecule has 6 rings (SSSR count). The molecule has 3 aliphatic rings. The SMILES string of the molecule is CC1CN(c2ccc(Nc3ncc(C(F)(F)F)c(-c4cc5c(s4)C(=O)NCCS5=O)n3)c(C3CC3)n2)CCN1. The van der Waals surface area contributed by atoms with Crippen LogP contribution in [0.1, 0.15) is 46.6 Å². The summed E-state index contributed by atoms with van der Waals surface area (Å²) in [5, 5.41) is 9.15. The molecule has 2 fully saturated rings. The Kier molecular flexibility index (Phi) is 6.79. The fourth-order valence-electron chi connectivity index (χ4n) is 4.78. The van der Waals surface area contributed by atoms with E-state index in [-0.39, 0.29) is 44.5 Å². The van der Waals surface area contributed by atoms with E-state index in [0.717, 1.165) is 61.5 Å². The Morgan fingerprint density at radius 1 is 1.21 bits per heavy atom. The molecular weight excluding hydrogens is 551 g/mol. The van der Waals surface area contributed by atoms with Crippen molar-refractivity contribution in [2.24, 2.45) is 0 Å². The zero-order valence-electron chi connectivity index (χ0n) is 21.0. The van der Waals surface area contributed by atoms with Gasteiger partial charge in [0.05, 0.1) is 37.6 Å². The molecule has 3 aromatic heterocycles. The van der Waals surface area contributed by atoms with Crippen molar-refractivity contribution < 1.29 is 22.2 Å². The number of carbonyl (C=O) groups is 1. The topological polar surface area (TPSA) is 112 Å². The number of rotatable bonds is 5. The standard InChI is InChI=1S/C25H26F3N7O2S2/c1-13-12-35(8-6-29-13)19-5-4-16(20(33-19)14-2-3-14)32-24-31-11-15(25(26,27)28)21(34-24)17-10-18-22(38-17)23(36)30-7-9-39(18)37/h4-5,10-11,13-14,29H,2-3,6-9,12H2,1H3,(H,30,36)(H,31,32,34). The van der Waals surface area contributed by atoms with E-state index in [1.165, 1.54) is 6.07 Å². The molecule has 1 amide bonds. The van der Waals surface area contributed by atoms with Crippen molar-refractivity contribution in [3.8, 4) is 10.6 Å². The molecule has 0 spiro atoms. The lowest BCUT2D eigenvalue weighted by Gasteiger charge is -2.33. The molecule has 39 heavy (non-hydrogen) atoms. The van der Waals surface area contributed by atoms with Gasteiger partial charge in [0.15, 0.2) is 0 Å². The molecule has 206 valence electrons. The second-order valence-corrected chi connectivity index (χ2v) is 12.5. The van der Waals surface area contributed by atoms with Crippen LogP contribution in [0.5, 0.6) is 0 Å². The molecule has 3 aromatic rings. The summed E-state index contributed by atoms with van der Waals surface area (Å²) in [6, 6.07) is 5.51. The van der Waals surface area contributed by atoms with E-state index in [4.69, 9.17) is 4.98 Å². The lowest BCUT2D eigenvalue weighted by molar-refractivity contribution is -0.137. The fourth-order valence-corrected chi connectivity index (χ4v) is 7.29. The van der Waals surface area contributed by atoms with Gasteiger partial charge in [-0.2, -0.15) is 13.2 Å². The van der Waals surface area contributed by atoms with Gasteiger partial charge < -0.3 is 20.9 Å². The lowest BCUT2D eigenvalue weighted by Crippen LogP contribution is -2.49. The molecule has 0 bridgehead atoms. The zero-order valence-corrected chi connectivity index (χ0v) is 22.6.